The van der Waals surface area contributed by atoms with E-state index in [9.17, 15) is 9.59 Å². The molecule has 1 aliphatic rings. The third kappa shape index (κ3) is 1.53. The number of aromatic nitrogens is 1. The van der Waals surface area contributed by atoms with Crippen LogP contribution in [-0.4, -0.2) is 23.2 Å². The van der Waals surface area contributed by atoms with Crippen molar-refractivity contribution >= 4 is 22.6 Å². The standard InChI is InChI=1S/C13H12N2O2/c16-10-6-3-7-14-13(17)12-11(10)8-4-1-2-5-9(8)15-12/h1-2,4-5,15H,3,6-7H2,(H,14,17). The molecule has 0 radical (unpaired) electrons. The molecule has 2 N–H and O–H groups in total. The van der Waals surface area contributed by atoms with Crippen LogP contribution in [0.1, 0.15) is 33.7 Å². The Labute approximate surface area is 98.0 Å². The van der Waals surface area contributed by atoms with Gasteiger partial charge < -0.3 is 10.3 Å². The van der Waals surface area contributed by atoms with E-state index >= 15 is 0 Å². The van der Waals surface area contributed by atoms with Crippen LogP contribution in [0.5, 0.6) is 0 Å². The fraction of sp³-hybridized carbons (Fsp3) is 0.231. The van der Waals surface area contributed by atoms with E-state index < -0.39 is 0 Å². The number of aromatic amines is 1. The van der Waals surface area contributed by atoms with Crippen molar-refractivity contribution in [3.63, 3.8) is 0 Å². The molecular weight excluding hydrogens is 216 g/mol. The molecule has 4 nitrogen and oxygen atoms in total. The van der Waals surface area contributed by atoms with E-state index in [1.807, 2.05) is 24.3 Å². The number of benzene rings is 1. The Hall–Kier alpha value is -2.10. The molecule has 2 aromatic rings. The Morgan fingerprint density at radius 3 is 2.82 bits per heavy atom. The SMILES string of the molecule is O=C1NCCCC(=O)c2c1[nH]c1ccccc21. The molecule has 0 atom stereocenters. The molecule has 0 saturated heterocycles. The highest BCUT2D eigenvalue weighted by Gasteiger charge is 2.24. The molecule has 2 heterocycles. The Kier molecular flexibility index (Phi) is 2.21. The molecule has 1 aliphatic heterocycles. The van der Waals surface area contributed by atoms with Crippen molar-refractivity contribution in [1.82, 2.24) is 10.3 Å². The lowest BCUT2D eigenvalue weighted by atomic mass is 10.0. The van der Waals surface area contributed by atoms with Gasteiger partial charge >= 0.3 is 0 Å². The minimum absolute atomic E-state index is 0.0484. The van der Waals surface area contributed by atoms with Gasteiger partial charge in [0.05, 0.1) is 5.56 Å². The van der Waals surface area contributed by atoms with Crippen LogP contribution in [0.2, 0.25) is 0 Å². The number of carbonyl (C=O) groups excluding carboxylic acids is 2. The maximum Gasteiger partial charge on any atom is 0.268 e. The van der Waals surface area contributed by atoms with Gasteiger partial charge in [0.2, 0.25) is 0 Å². The van der Waals surface area contributed by atoms with Gasteiger partial charge in [-0.2, -0.15) is 0 Å². The number of para-hydroxylation sites is 1. The van der Waals surface area contributed by atoms with Crippen molar-refractivity contribution in [1.29, 1.82) is 0 Å². The molecule has 1 amide bonds. The number of hydrogen-bond acceptors (Lipinski definition) is 2. The smallest absolute Gasteiger partial charge is 0.268 e. The maximum atomic E-state index is 12.1. The van der Waals surface area contributed by atoms with Gasteiger partial charge in [0.15, 0.2) is 5.78 Å². The highest BCUT2D eigenvalue weighted by Crippen LogP contribution is 2.25. The number of fused-ring (bicyclic) bond motifs is 3. The lowest BCUT2D eigenvalue weighted by Gasteiger charge is -2.09. The number of Topliss-reactive ketones (excluding diaryl/α,β-unsaturated/α-hetero) is 1. The minimum atomic E-state index is -0.191. The molecule has 0 spiro atoms. The summed E-state index contributed by atoms with van der Waals surface area (Å²) >= 11 is 0. The van der Waals surface area contributed by atoms with E-state index in [2.05, 4.69) is 10.3 Å². The molecule has 0 bridgehead atoms. The average molecular weight is 228 g/mol. The van der Waals surface area contributed by atoms with E-state index in [1.165, 1.54) is 0 Å². The van der Waals surface area contributed by atoms with Crippen LogP contribution in [0.3, 0.4) is 0 Å². The Bertz CT molecular complexity index is 613. The summed E-state index contributed by atoms with van der Waals surface area (Å²) in [6.45, 7) is 0.555. The highest BCUT2D eigenvalue weighted by molar-refractivity contribution is 6.16. The van der Waals surface area contributed by atoms with Crippen molar-refractivity contribution < 1.29 is 9.59 Å². The minimum Gasteiger partial charge on any atom is -0.351 e. The molecule has 86 valence electrons. The predicted octanol–water partition coefficient (Wildman–Crippen LogP) is 1.87. The molecule has 17 heavy (non-hydrogen) atoms. The van der Waals surface area contributed by atoms with Crippen molar-refractivity contribution in [2.75, 3.05) is 6.54 Å². The first-order chi connectivity index (χ1) is 8.27. The third-order valence-corrected chi connectivity index (χ3v) is 3.08. The second kappa shape index (κ2) is 3.73. The van der Waals surface area contributed by atoms with Gasteiger partial charge in [-0.1, -0.05) is 18.2 Å². The van der Waals surface area contributed by atoms with Crippen LogP contribution in [0.15, 0.2) is 24.3 Å². The van der Waals surface area contributed by atoms with Gasteiger partial charge in [-0.3, -0.25) is 9.59 Å². The summed E-state index contributed by atoms with van der Waals surface area (Å²) in [7, 11) is 0. The summed E-state index contributed by atoms with van der Waals surface area (Å²) in [5, 5.41) is 3.64. The number of rotatable bonds is 0. The zero-order valence-corrected chi connectivity index (χ0v) is 9.25. The van der Waals surface area contributed by atoms with Gasteiger partial charge in [-0.15, -0.1) is 0 Å². The molecular formula is C13H12N2O2. The molecule has 4 heteroatoms. The van der Waals surface area contributed by atoms with E-state index in [-0.39, 0.29) is 11.7 Å². The fourth-order valence-corrected chi connectivity index (χ4v) is 2.27. The molecule has 1 aromatic carbocycles. The van der Waals surface area contributed by atoms with Gasteiger partial charge in [-0.25, -0.2) is 0 Å². The maximum absolute atomic E-state index is 12.1. The first-order valence-corrected chi connectivity index (χ1v) is 5.69. The van der Waals surface area contributed by atoms with Crippen molar-refractivity contribution in [2.24, 2.45) is 0 Å². The van der Waals surface area contributed by atoms with Gasteiger partial charge in [-0.05, 0) is 12.5 Å². The van der Waals surface area contributed by atoms with Gasteiger partial charge in [0.25, 0.3) is 5.91 Å². The summed E-state index contributed by atoms with van der Waals surface area (Å²) in [5.74, 6) is -0.142. The van der Waals surface area contributed by atoms with Crippen LogP contribution in [0, 0.1) is 0 Å². The Morgan fingerprint density at radius 1 is 1.12 bits per heavy atom. The van der Waals surface area contributed by atoms with E-state index in [1.54, 1.807) is 0 Å². The van der Waals surface area contributed by atoms with Crippen LogP contribution < -0.4 is 5.32 Å². The summed E-state index contributed by atoms with van der Waals surface area (Å²) in [5.41, 5.74) is 1.77. The lowest BCUT2D eigenvalue weighted by Crippen LogP contribution is -2.29. The summed E-state index contributed by atoms with van der Waals surface area (Å²) in [6, 6.07) is 7.51. The first-order valence-electron chi connectivity index (χ1n) is 5.69. The van der Waals surface area contributed by atoms with E-state index in [4.69, 9.17) is 0 Å². The van der Waals surface area contributed by atoms with E-state index in [0.717, 1.165) is 10.9 Å². The Morgan fingerprint density at radius 2 is 1.94 bits per heavy atom. The fourth-order valence-electron chi connectivity index (χ4n) is 2.27. The summed E-state index contributed by atoms with van der Waals surface area (Å²) in [6.07, 6.45) is 1.18. The third-order valence-electron chi connectivity index (χ3n) is 3.08. The number of hydrogen-bond donors (Lipinski definition) is 2. The normalized spacial score (nSPS) is 16.2. The monoisotopic (exact) mass is 228 g/mol. The molecule has 0 fully saturated rings. The van der Waals surface area contributed by atoms with Gasteiger partial charge in [0, 0.05) is 23.9 Å². The van der Waals surface area contributed by atoms with Crippen LogP contribution >= 0.6 is 0 Å². The summed E-state index contributed by atoms with van der Waals surface area (Å²) in [4.78, 5) is 27.0. The molecule has 1 aromatic heterocycles. The van der Waals surface area contributed by atoms with Crippen molar-refractivity contribution in [3.05, 3.63) is 35.5 Å². The number of ketones is 1. The second-order valence-corrected chi connectivity index (χ2v) is 4.20. The number of carbonyl (C=O) groups is 2. The average Bonchev–Trinajstić information content (AvgIpc) is 2.71. The molecule has 0 unspecified atom stereocenters. The van der Waals surface area contributed by atoms with E-state index in [0.29, 0.717) is 30.6 Å². The molecule has 0 saturated carbocycles. The van der Waals surface area contributed by atoms with Crippen molar-refractivity contribution in [3.8, 4) is 0 Å². The number of amides is 1. The summed E-state index contributed by atoms with van der Waals surface area (Å²) < 4.78 is 0. The van der Waals surface area contributed by atoms with Crippen LogP contribution in [-0.2, 0) is 0 Å². The predicted molar refractivity (Wildman–Crippen MR) is 64.2 cm³/mol. The zero-order valence-electron chi connectivity index (χ0n) is 9.25. The van der Waals surface area contributed by atoms with Crippen LogP contribution in [0.25, 0.3) is 10.9 Å². The number of nitrogens with one attached hydrogen (secondary N) is 2. The largest absolute Gasteiger partial charge is 0.351 e. The quantitative estimate of drug-likeness (QED) is 0.723. The number of H-pyrrole nitrogens is 1. The van der Waals surface area contributed by atoms with Crippen molar-refractivity contribution in [2.45, 2.75) is 12.8 Å². The molecule has 0 aliphatic carbocycles. The highest BCUT2D eigenvalue weighted by atomic mass is 16.2. The first kappa shape index (κ1) is 10.1. The lowest BCUT2D eigenvalue weighted by molar-refractivity contribution is 0.0911. The van der Waals surface area contributed by atoms with Gasteiger partial charge in [0.1, 0.15) is 5.69 Å². The topological polar surface area (TPSA) is 62.0 Å². The van der Waals surface area contributed by atoms with Crippen LogP contribution in [0.4, 0.5) is 0 Å². The second-order valence-electron chi connectivity index (χ2n) is 4.20. The molecule has 3 rings (SSSR count). The Balaban J connectivity index is 2.31. The zero-order chi connectivity index (χ0) is 11.8.